The predicted octanol–water partition coefficient (Wildman–Crippen LogP) is 3.65. The summed E-state index contributed by atoms with van der Waals surface area (Å²) in [4.78, 5) is 2.63. The molecular formula is C18H28N2. The Morgan fingerprint density at radius 2 is 1.75 bits per heavy atom. The number of nitrogens with zero attached hydrogens (tertiary/aromatic N) is 1. The normalized spacial score (nSPS) is 24.1. The highest BCUT2D eigenvalue weighted by molar-refractivity contribution is 5.29. The Balaban J connectivity index is 1.71. The first kappa shape index (κ1) is 14.1. The highest BCUT2D eigenvalue weighted by Gasteiger charge is 2.38. The van der Waals surface area contributed by atoms with Crippen molar-refractivity contribution in [3.8, 4) is 0 Å². The van der Waals surface area contributed by atoms with Gasteiger partial charge in [-0.25, -0.2) is 0 Å². The third-order valence-corrected chi connectivity index (χ3v) is 5.73. The van der Waals surface area contributed by atoms with Crippen LogP contribution in [0.4, 0.5) is 0 Å². The van der Waals surface area contributed by atoms with Gasteiger partial charge in [0.1, 0.15) is 0 Å². The van der Waals surface area contributed by atoms with Gasteiger partial charge in [0.2, 0.25) is 0 Å². The van der Waals surface area contributed by atoms with Crippen LogP contribution in [0.3, 0.4) is 0 Å². The van der Waals surface area contributed by atoms with Gasteiger partial charge in [0.05, 0.1) is 0 Å². The van der Waals surface area contributed by atoms with E-state index < -0.39 is 0 Å². The van der Waals surface area contributed by atoms with Crippen LogP contribution in [-0.2, 0) is 0 Å². The van der Waals surface area contributed by atoms with Crippen LogP contribution in [0, 0.1) is 12.3 Å². The number of hydrogen-bond donors (Lipinski definition) is 1. The molecule has 1 aromatic carbocycles. The van der Waals surface area contributed by atoms with Gasteiger partial charge in [-0.2, -0.15) is 0 Å². The molecule has 1 heterocycles. The average Bonchev–Trinajstić information content (AvgIpc) is 2.92. The minimum Gasteiger partial charge on any atom is -0.329 e. The number of aryl methyl sites for hydroxylation is 1. The molecule has 110 valence electrons. The lowest BCUT2D eigenvalue weighted by molar-refractivity contribution is 0.0778. The molecule has 1 aliphatic carbocycles. The summed E-state index contributed by atoms with van der Waals surface area (Å²) in [5.41, 5.74) is 9.61. The molecule has 1 atom stereocenters. The second-order valence-corrected chi connectivity index (χ2v) is 6.85. The molecule has 0 radical (unpaired) electrons. The van der Waals surface area contributed by atoms with Crippen LogP contribution in [0.2, 0.25) is 0 Å². The molecule has 1 saturated carbocycles. The van der Waals surface area contributed by atoms with Crippen molar-refractivity contribution in [2.45, 2.75) is 51.5 Å². The highest BCUT2D eigenvalue weighted by atomic mass is 15.2. The van der Waals surface area contributed by atoms with E-state index in [9.17, 15) is 0 Å². The summed E-state index contributed by atoms with van der Waals surface area (Å²) in [6.45, 7) is 5.41. The summed E-state index contributed by atoms with van der Waals surface area (Å²) in [6.07, 6.45) is 8.62. The summed E-state index contributed by atoms with van der Waals surface area (Å²) in [5.74, 6) is 0. The van der Waals surface area contributed by atoms with Gasteiger partial charge in [0.15, 0.2) is 0 Å². The zero-order valence-electron chi connectivity index (χ0n) is 12.8. The Morgan fingerprint density at radius 3 is 2.35 bits per heavy atom. The van der Waals surface area contributed by atoms with E-state index >= 15 is 0 Å². The largest absolute Gasteiger partial charge is 0.329 e. The van der Waals surface area contributed by atoms with E-state index in [0.29, 0.717) is 11.5 Å². The van der Waals surface area contributed by atoms with Crippen LogP contribution < -0.4 is 5.73 Å². The van der Waals surface area contributed by atoms with Gasteiger partial charge in [0.25, 0.3) is 0 Å². The standard InChI is InChI=1S/C18H28N2/c1-15-6-2-3-7-16(15)17(14-19)20-12-10-18(11-13-20)8-4-5-9-18/h2-3,6-7,17H,4-5,8-14,19H2,1H3. The van der Waals surface area contributed by atoms with Crippen LogP contribution in [0.15, 0.2) is 24.3 Å². The zero-order chi connectivity index (χ0) is 14.0. The zero-order valence-corrected chi connectivity index (χ0v) is 12.8. The fraction of sp³-hybridized carbons (Fsp3) is 0.667. The van der Waals surface area contributed by atoms with Gasteiger partial charge < -0.3 is 5.73 Å². The monoisotopic (exact) mass is 272 g/mol. The first-order valence-electron chi connectivity index (χ1n) is 8.24. The Labute approximate surface area is 123 Å². The quantitative estimate of drug-likeness (QED) is 0.910. The smallest absolute Gasteiger partial charge is 0.0473 e. The van der Waals surface area contributed by atoms with Crippen molar-refractivity contribution in [3.05, 3.63) is 35.4 Å². The number of rotatable bonds is 3. The van der Waals surface area contributed by atoms with Gasteiger partial charge in [-0.15, -0.1) is 0 Å². The summed E-state index contributed by atoms with van der Waals surface area (Å²) < 4.78 is 0. The van der Waals surface area contributed by atoms with Gasteiger partial charge >= 0.3 is 0 Å². The Kier molecular flexibility index (Phi) is 4.13. The number of benzene rings is 1. The molecule has 1 spiro atoms. The molecule has 1 unspecified atom stereocenters. The van der Waals surface area contributed by atoms with Crippen molar-refractivity contribution in [1.82, 2.24) is 4.90 Å². The third-order valence-electron chi connectivity index (χ3n) is 5.73. The molecule has 1 aliphatic heterocycles. The molecule has 0 amide bonds. The van der Waals surface area contributed by atoms with Gasteiger partial charge in [0, 0.05) is 12.6 Å². The summed E-state index contributed by atoms with van der Waals surface area (Å²) in [7, 11) is 0. The molecule has 2 heteroatoms. The van der Waals surface area contributed by atoms with Crippen LogP contribution in [0.25, 0.3) is 0 Å². The lowest BCUT2D eigenvalue weighted by Gasteiger charge is -2.43. The third kappa shape index (κ3) is 2.64. The molecule has 2 N–H and O–H groups in total. The summed E-state index contributed by atoms with van der Waals surface area (Å²) in [5, 5.41) is 0. The van der Waals surface area contributed by atoms with Gasteiger partial charge in [-0.05, 0) is 62.2 Å². The minimum absolute atomic E-state index is 0.412. The van der Waals surface area contributed by atoms with Gasteiger partial charge in [-0.1, -0.05) is 37.1 Å². The van der Waals surface area contributed by atoms with Crippen LogP contribution >= 0.6 is 0 Å². The molecule has 0 aromatic heterocycles. The summed E-state index contributed by atoms with van der Waals surface area (Å²) >= 11 is 0. The van der Waals surface area contributed by atoms with Crippen LogP contribution in [0.1, 0.15) is 55.7 Å². The van der Waals surface area contributed by atoms with E-state index in [1.165, 1.54) is 62.7 Å². The molecule has 0 bridgehead atoms. The molecule has 2 aliphatic rings. The fourth-order valence-electron chi connectivity index (χ4n) is 4.37. The predicted molar refractivity (Wildman–Crippen MR) is 84.7 cm³/mol. The van der Waals surface area contributed by atoms with Crippen molar-refractivity contribution in [3.63, 3.8) is 0 Å². The first-order valence-corrected chi connectivity index (χ1v) is 8.24. The maximum Gasteiger partial charge on any atom is 0.0473 e. The highest BCUT2D eigenvalue weighted by Crippen LogP contribution is 2.47. The molecule has 2 nitrogen and oxygen atoms in total. The molecule has 20 heavy (non-hydrogen) atoms. The number of piperidine rings is 1. The second kappa shape index (κ2) is 5.87. The summed E-state index contributed by atoms with van der Waals surface area (Å²) in [6, 6.07) is 9.14. The molecular weight excluding hydrogens is 244 g/mol. The van der Waals surface area contributed by atoms with Crippen LogP contribution in [0.5, 0.6) is 0 Å². The Hall–Kier alpha value is -0.860. The van der Waals surface area contributed by atoms with Crippen molar-refractivity contribution in [1.29, 1.82) is 0 Å². The Bertz CT molecular complexity index is 438. The fourth-order valence-corrected chi connectivity index (χ4v) is 4.37. The molecule has 1 aromatic rings. The van der Waals surface area contributed by atoms with Crippen molar-refractivity contribution >= 4 is 0 Å². The SMILES string of the molecule is Cc1ccccc1C(CN)N1CCC2(CCCC2)CC1. The molecule has 1 saturated heterocycles. The Morgan fingerprint density at radius 1 is 1.10 bits per heavy atom. The van der Waals surface area contributed by atoms with Crippen LogP contribution in [-0.4, -0.2) is 24.5 Å². The maximum atomic E-state index is 6.11. The number of hydrogen-bond acceptors (Lipinski definition) is 2. The maximum absolute atomic E-state index is 6.11. The average molecular weight is 272 g/mol. The van der Waals surface area contributed by atoms with Crippen molar-refractivity contribution in [2.24, 2.45) is 11.1 Å². The second-order valence-electron chi connectivity index (χ2n) is 6.85. The van der Waals surface area contributed by atoms with Crippen molar-refractivity contribution in [2.75, 3.05) is 19.6 Å². The lowest BCUT2D eigenvalue weighted by atomic mass is 9.76. The van der Waals surface area contributed by atoms with E-state index in [-0.39, 0.29) is 0 Å². The van der Waals surface area contributed by atoms with E-state index in [2.05, 4.69) is 36.1 Å². The van der Waals surface area contributed by atoms with E-state index in [0.717, 1.165) is 6.54 Å². The number of likely N-dealkylation sites (tertiary alicyclic amines) is 1. The van der Waals surface area contributed by atoms with Gasteiger partial charge in [-0.3, -0.25) is 4.90 Å². The van der Waals surface area contributed by atoms with Crippen molar-refractivity contribution < 1.29 is 0 Å². The molecule has 2 fully saturated rings. The first-order chi connectivity index (χ1) is 9.74. The van der Waals surface area contributed by atoms with E-state index in [1.807, 2.05) is 0 Å². The van der Waals surface area contributed by atoms with E-state index in [4.69, 9.17) is 5.73 Å². The minimum atomic E-state index is 0.412. The number of nitrogens with two attached hydrogens (primary N) is 1. The molecule has 3 rings (SSSR count). The topological polar surface area (TPSA) is 29.3 Å². The van der Waals surface area contributed by atoms with E-state index in [1.54, 1.807) is 0 Å². The lowest BCUT2D eigenvalue weighted by Crippen LogP contribution is -2.43.